The van der Waals surface area contributed by atoms with Crippen LogP contribution in [0.5, 0.6) is 5.75 Å². The predicted octanol–water partition coefficient (Wildman–Crippen LogP) is 4.55. The van der Waals surface area contributed by atoms with E-state index in [1.807, 2.05) is 22.8 Å². The Kier molecular flexibility index (Phi) is 3.98. The molecule has 2 heterocycles. The minimum atomic E-state index is -2.96. The van der Waals surface area contributed by atoms with E-state index < -0.39 is 6.61 Å². The predicted molar refractivity (Wildman–Crippen MR) is 104 cm³/mol. The number of hydrogen-bond acceptors (Lipinski definition) is 3. The molecule has 2 aromatic carbocycles. The van der Waals surface area contributed by atoms with Gasteiger partial charge in [0.25, 0.3) is 0 Å². The Hall–Kier alpha value is -2.73. The van der Waals surface area contributed by atoms with Crippen molar-refractivity contribution in [1.82, 2.24) is 9.47 Å². The Morgan fingerprint density at radius 3 is 2.61 bits per heavy atom. The summed E-state index contributed by atoms with van der Waals surface area (Å²) in [7, 11) is 2.05. The molecule has 1 aliphatic heterocycles. The summed E-state index contributed by atoms with van der Waals surface area (Å²) in [6.07, 6.45) is 3.64. The highest BCUT2D eigenvalue weighted by Crippen LogP contribution is 2.43. The van der Waals surface area contributed by atoms with Crippen LogP contribution in [0.25, 0.3) is 22.0 Å². The first kappa shape index (κ1) is 17.4. The van der Waals surface area contributed by atoms with E-state index in [4.69, 9.17) is 4.74 Å². The van der Waals surface area contributed by atoms with E-state index in [1.165, 1.54) is 17.2 Å². The summed E-state index contributed by atoms with van der Waals surface area (Å²) in [5.41, 5.74) is 4.13. The van der Waals surface area contributed by atoms with Gasteiger partial charge in [0.15, 0.2) is 11.2 Å². The summed E-state index contributed by atoms with van der Waals surface area (Å²) in [4.78, 5) is 14.6. The van der Waals surface area contributed by atoms with Crippen molar-refractivity contribution in [1.29, 1.82) is 0 Å². The molecule has 1 fully saturated rings. The molecule has 0 N–H and O–H groups in total. The number of benzene rings is 2. The van der Waals surface area contributed by atoms with Crippen LogP contribution in [0.3, 0.4) is 0 Å². The van der Waals surface area contributed by atoms with E-state index in [0.29, 0.717) is 16.5 Å². The number of aromatic nitrogens is 1. The first-order chi connectivity index (χ1) is 13.5. The molecule has 0 atom stereocenters. The Bertz CT molecular complexity index is 1140. The van der Waals surface area contributed by atoms with Gasteiger partial charge in [-0.25, -0.2) is 0 Å². The Morgan fingerprint density at radius 1 is 1.07 bits per heavy atom. The monoisotopic (exact) mass is 382 g/mol. The fraction of sp³-hybridized carbons (Fsp3) is 0.318. The van der Waals surface area contributed by atoms with Crippen LogP contribution in [0.15, 0.2) is 47.4 Å². The summed E-state index contributed by atoms with van der Waals surface area (Å²) >= 11 is 0. The second-order valence-corrected chi connectivity index (χ2v) is 7.69. The van der Waals surface area contributed by atoms with Crippen LogP contribution in [0, 0.1) is 0 Å². The summed E-state index contributed by atoms with van der Waals surface area (Å²) in [6.45, 7) is -1.25. The molecular weight excluding hydrogens is 362 g/mol. The molecule has 1 saturated carbocycles. The van der Waals surface area contributed by atoms with Crippen LogP contribution in [-0.2, 0) is 13.1 Å². The molecule has 1 aromatic heterocycles. The molecule has 0 radical (unpaired) electrons. The highest BCUT2D eigenvalue weighted by atomic mass is 19.3. The van der Waals surface area contributed by atoms with Crippen molar-refractivity contribution in [3.63, 3.8) is 0 Å². The van der Waals surface area contributed by atoms with E-state index in [9.17, 15) is 13.6 Å². The first-order valence-corrected chi connectivity index (χ1v) is 9.44. The lowest BCUT2D eigenvalue weighted by Gasteiger charge is -2.18. The molecule has 2 aliphatic rings. The zero-order chi connectivity index (χ0) is 19.4. The summed E-state index contributed by atoms with van der Waals surface area (Å²) in [5.74, 6) is 0.0865. The van der Waals surface area contributed by atoms with Crippen LogP contribution in [-0.4, -0.2) is 23.1 Å². The number of alkyl halides is 2. The number of pyridine rings is 1. The van der Waals surface area contributed by atoms with Crippen LogP contribution < -0.4 is 10.2 Å². The number of fused-ring (bicyclic) bond motifs is 2. The van der Waals surface area contributed by atoms with Gasteiger partial charge in [-0.15, -0.1) is 0 Å². The molecule has 144 valence electrons. The highest BCUT2D eigenvalue weighted by molar-refractivity contribution is 5.93. The number of rotatable bonds is 4. The highest BCUT2D eigenvalue weighted by Gasteiger charge is 2.28. The average molecular weight is 382 g/mol. The lowest BCUT2D eigenvalue weighted by molar-refractivity contribution is -0.0486. The fourth-order valence-corrected chi connectivity index (χ4v) is 4.16. The first-order valence-electron chi connectivity index (χ1n) is 9.44. The van der Waals surface area contributed by atoms with Crippen molar-refractivity contribution < 1.29 is 13.5 Å². The Labute approximate surface area is 161 Å². The van der Waals surface area contributed by atoms with Crippen LogP contribution >= 0.6 is 0 Å². The molecule has 0 saturated heterocycles. The van der Waals surface area contributed by atoms with Gasteiger partial charge in [0.2, 0.25) is 0 Å². The molecule has 3 aromatic rings. The second kappa shape index (κ2) is 6.41. The maximum Gasteiger partial charge on any atom is 0.387 e. The summed E-state index contributed by atoms with van der Waals surface area (Å²) in [5, 5.41) is 0.412. The SMILES string of the molecule is CN1Cc2ccc(-c3ccc4c(=O)ccn(C5CC5)c4c3OC(F)F)cc2C1. The van der Waals surface area contributed by atoms with Crippen LogP contribution in [0.2, 0.25) is 0 Å². The lowest BCUT2D eigenvalue weighted by atomic mass is 9.98. The van der Waals surface area contributed by atoms with E-state index in [1.54, 1.807) is 18.3 Å². The lowest BCUT2D eigenvalue weighted by Crippen LogP contribution is -2.11. The van der Waals surface area contributed by atoms with Gasteiger partial charge in [-0.3, -0.25) is 9.69 Å². The summed E-state index contributed by atoms with van der Waals surface area (Å²) in [6, 6.07) is 11.2. The molecule has 0 amide bonds. The van der Waals surface area contributed by atoms with Gasteiger partial charge in [-0.05, 0) is 54.8 Å². The normalized spacial score (nSPS) is 16.7. The largest absolute Gasteiger partial charge is 0.432 e. The van der Waals surface area contributed by atoms with E-state index in [0.717, 1.165) is 31.5 Å². The molecule has 4 nitrogen and oxygen atoms in total. The van der Waals surface area contributed by atoms with Gasteiger partial charge >= 0.3 is 6.61 Å². The topological polar surface area (TPSA) is 34.5 Å². The number of hydrogen-bond donors (Lipinski definition) is 0. The Morgan fingerprint density at radius 2 is 1.86 bits per heavy atom. The maximum atomic E-state index is 13.3. The average Bonchev–Trinajstić information content (AvgIpc) is 3.42. The van der Waals surface area contributed by atoms with Gasteiger partial charge < -0.3 is 9.30 Å². The van der Waals surface area contributed by atoms with E-state index in [-0.39, 0.29) is 17.2 Å². The number of nitrogens with zero attached hydrogens (tertiary/aromatic N) is 2. The second-order valence-electron chi connectivity index (χ2n) is 7.69. The third-order valence-corrected chi connectivity index (χ3v) is 5.59. The maximum absolute atomic E-state index is 13.3. The quantitative estimate of drug-likeness (QED) is 0.664. The smallest absolute Gasteiger partial charge is 0.387 e. The molecule has 0 bridgehead atoms. The molecule has 5 rings (SSSR count). The van der Waals surface area contributed by atoms with Crippen molar-refractivity contribution in [3.05, 3.63) is 63.9 Å². The third-order valence-electron chi connectivity index (χ3n) is 5.59. The van der Waals surface area contributed by atoms with Gasteiger partial charge in [0.1, 0.15) is 0 Å². The molecule has 6 heteroatoms. The minimum Gasteiger partial charge on any atom is -0.432 e. The van der Waals surface area contributed by atoms with Gasteiger partial charge in [0.05, 0.1) is 5.52 Å². The molecule has 0 spiro atoms. The van der Waals surface area contributed by atoms with Crippen molar-refractivity contribution in [2.24, 2.45) is 0 Å². The standard InChI is InChI=1S/C22H20F2N2O2/c1-25-11-14-3-2-13(10-15(14)12-25)17-6-7-18-19(27)8-9-26(16-4-5-16)20(18)21(17)28-22(23)24/h2-3,6-10,16,22H,4-5,11-12H2,1H3. The van der Waals surface area contributed by atoms with Gasteiger partial charge in [0, 0.05) is 42.3 Å². The third kappa shape index (κ3) is 2.88. The number of ether oxygens (including phenoxy) is 1. The van der Waals surface area contributed by atoms with E-state index >= 15 is 0 Å². The molecule has 0 unspecified atom stereocenters. The fourth-order valence-electron chi connectivity index (χ4n) is 4.16. The Balaban J connectivity index is 1.76. The van der Waals surface area contributed by atoms with Crippen molar-refractivity contribution >= 4 is 10.9 Å². The van der Waals surface area contributed by atoms with Gasteiger partial charge in [-0.1, -0.05) is 12.1 Å². The zero-order valence-electron chi connectivity index (χ0n) is 15.5. The molecule has 1 aliphatic carbocycles. The molecular formula is C22H20F2N2O2. The van der Waals surface area contributed by atoms with E-state index in [2.05, 4.69) is 11.9 Å². The zero-order valence-corrected chi connectivity index (χ0v) is 15.5. The minimum absolute atomic E-state index is 0.0865. The van der Waals surface area contributed by atoms with Crippen LogP contribution in [0.1, 0.15) is 30.0 Å². The van der Waals surface area contributed by atoms with Crippen LogP contribution in [0.4, 0.5) is 8.78 Å². The summed E-state index contributed by atoms with van der Waals surface area (Å²) < 4.78 is 33.6. The number of halogens is 2. The van der Waals surface area contributed by atoms with Gasteiger partial charge in [-0.2, -0.15) is 8.78 Å². The van der Waals surface area contributed by atoms with Crippen molar-refractivity contribution in [2.45, 2.75) is 38.6 Å². The molecule has 28 heavy (non-hydrogen) atoms. The van der Waals surface area contributed by atoms with Crippen molar-refractivity contribution in [2.75, 3.05) is 7.05 Å². The van der Waals surface area contributed by atoms with Crippen molar-refractivity contribution in [3.8, 4) is 16.9 Å².